The van der Waals surface area contributed by atoms with Gasteiger partial charge in [0.1, 0.15) is 0 Å². The van der Waals surface area contributed by atoms with Crippen molar-refractivity contribution in [2.24, 2.45) is 0 Å². The van der Waals surface area contributed by atoms with E-state index in [9.17, 15) is 0 Å². The summed E-state index contributed by atoms with van der Waals surface area (Å²) in [6, 6.07) is 0.375. The molecular weight excluding hydrogens is 154 g/mol. The fourth-order valence-electron chi connectivity index (χ4n) is 1.59. The minimum Gasteiger partial charge on any atom is -0.307 e. The van der Waals surface area contributed by atoms with Crippen LogP contribution in [-0.2, 0) is 6.54 Å². The van der Waals surface area contributed by atoms with Gasteiger partial charge in [0, 0.05) is 6.54 Å². The topological polar surface area (TPSA) is 55.6 Å². The Labute approximate surface area is 71.1 Å². The Kier molecular flexibility index (Phi) is 2.03. The minimum absolute atomic E-state index is 0.375. The van der Waals surface area contributed by atoms with Gasteiger partial charge in [0.05, 0.1) is 6.04 Å². The van der Waals surface area contributed by atoms with E-state index in [0.717, 1.165) is 25.3 Å². The first-order chi connectivity index (χ1) is 5.92. The van der Waals surface area contributed by atoms with Crippen LogP contribution in [0.15, 0.2) is 0 Å². The second-order valence-electron chi connectivity index (χ2n) is 3.00. The molecule has 5 nitrogen and oxygen atoms in total. The molecule has 1 aromatic heterocycles. The van der Waals surface area contributed by atoms with Gasteiger partial charge >= 0.3 is 0 Å². The molecule has 1 N–H and O–H groups in total. The van der Waals surface area contributed by atoms with Crippen LogP contribution in [0.25, 0.3) is 0 Å². The van der Waals surface area contributed by atoms with Crippen LogP contribution in [0.3, 0.4) is 0 Å². The van der Waals surface area contributed by atoms with Crippen molar-refractivity contribution in [3.05, 3.63) is 5.82 Å². The maximum Gasteiger partial charge on any atom is 0.168 e. The number of tetrazole rings is 1. The molecule has 0 radical (unpaired) electrons. The third-order valence-corrected chi connectivity index (χ3v) is 2.23. The van der Waals surface area contributed by atoms with Gasteiger partial charge in [-0.05, 0) is 36.7 Å². The van der Waals surface area contributed by atoms with E-state index in [-0.39, 0.29) is 0 Å². The van der Waals surface area contributed by atoms with Crippen LogP contribution in [0, 0.1) is 0 Å². The predicted octanol–water partition coefficient (Wildman–Crippen LogP) is 0.117. The van der Waals surface area contributed by atoms with Gasteiger partial charge < -0.3 is 5.32 Å². The van der Waals surface area contributed by atoms with Crippen LogP contribution in [0.1, 0.15) is 31.6 Å². The van der Waals surface area contributed by atoms with E-state index >= 15 is 0 Å². The molecular formula is C7H13N5. The lowest BCUT2D eigenvalue weighted by atomic mass is 10.2. The summed E-state index contributed by atoms with van der Waals surface area (Å²) >= 11 is 0. The number of rotatable bonds is 2. The maximum absolute atomic E-state index is 4.01. The highest BCUT2D eigenvalue weighted by Crippen LogP contribution is 2.19. The van der Waals surface area contributed by atoms with E-state index in [1.165, 1.54) is 6.42 Å². The van der Waals surface area contributed by atoms with E-state index < -0.39 is 0 Å². The molecule has 1 saturated heterocycles. The van der Waals surface area contributed by atoms with E-state index in [2.05, 4.69) is 27.8 Å². The van der Waals surface area contributed by atoms with Crippen LogP contribution >= 0.6 is 0 Å². The first-order valence-corrected chi connectivity index (χ1v) is 4.41. The number of aromatic nitrogens is 4. The highest BCUT2D eigenvalue weighted by molar-refractivity contribution is 4.94. The molecule has 5 heteroatoms. The van der Waals surface area contributed by atoms with Crippen molar-refractivity contribution in [2.45, 2.75) is 32.4 Å². The van der Waals surface area contributed by atoms with Gasteiger partial charge in [-0.1, -0.05) is 0 Å². The first kappa shape index (κ1) is 7.67. The number of nitrogens with one attached hydrogen (secondary N) is 1. The zero-order valence-electron chi connectivity index (χ0n) is 7.19. The summed E-state index contributed by atoms with van der Waals surface area (Å²) in [5.41, 5.74) is 0. The quantitative estimate of drug-likeness (QED) is 0.679. The number of aryl methyl sites for hydroxylation is 1. The lowest BCUT2D eigenvalue weighted by molar-refractivity contribution is 0.525. The molecule has 12 heavy (non-hydrogen) atoms. The molecule has 0 aromatic carbocycles. The zero-order chi connectivity index (χ0) is 8.39. The van der Waals surface area contributed by atoms with Crippen LogP contribution in [0.2, 0.25) is 0 Å². The average Bonchev–Trinajstić information content (AvgIpc) is 2.74. The largest absolute Gasteiger partial charge is 0.307 e. The molecule has 0 saturated carbocycles. The molecule has 2 heterocycles. The van der Waals surface area contributed by atoms with Gasteiger partial charge in [-0.15, -0.1) is 5.10 Å². The third kappa shape index (κ3) is 1.20. The van der Waals surface area contributed by atoms with Crippen molar-refractivity contribution in [1.82, 2.24) is 25.5 Å². The average molecular weight is 167 g/mol. The van der Waals surface area contributed by atoms with E-state index in [1.54, 1.807) is 0 Å². The van der Waals surface area contributed by atoms with Gasteiger partial charge in [-0.3, -0.25) is 0 Å². The smallest absolute Gasteiger partial charge is 0.168 e. The molecule has 1 unspecified atom stereocenters. The Bertz CT molecular complexity index is 250. The predicted molar refractivity (Wildman–Crippen MR) is 43.5 cm³/mol. The van der Waals surface area contributed by atoms with Crippen LogP contribution in [-0.4, -0.2) is 26.8 Å². The minimum atomic E-state index is 0.375. The van der Waals surface area contributed by atoms with Gasteiger partial charge in [-0.25, -0.2) is 4.68 Å². The molecule has 1 atom stereocenters. The lowest BCUT2D eigenvalue weighted by Crippen LogP contribution is -2.18. The zero-order valence-corrected chi connectivity index (χ0v) is 7.19. The van der Waals surface area contributed by atoms with Crippen molar-refractivity contribution < 1.29 is 0 Å². The molecule has 1 aromatic rings. The number of hydrogen-bond acceptors (Lipinski definition) is 4. The Morgan fingerprint density at radius 1 is 1.67 bits per heavy atom. The fourth-order valence-corrected chi connectivity index (χ4v) is 1.59. The Balaban J connectivity index is 2.19. The van der Waals surface area contributed by atoms with Crippen molar-refractivity contribution in [3.63, 3.8) is 0 Å². The highest BCUT2D eigenvalue weighted by Gasteiger charge is 2.21. The van der Waals surface area contributed by atoms with Gasteiger partial charge in [0.15, 0.2) is 5.82 Å². The SMILES string of the molecule is CCn1nnnc1C1CCCN1. The maximum atomic E-state index is 4.01. The van der Waals surface area contributed by atoms with E-state index in [0.29, 0.717) is 6.04 Å². The molecule has 0 bridgehead atoms. The molecule has 2 rings (SSSR count). The summed E-state index contributed by atoms with van der Waals surface area (Å²) in [6.07, 6.45) is 2.38. The first-order valence-electron chi connectivity index (χ1n) is 4.41. The summed E-state index contributed by atoms with van der Waals surface area (Å²) in [4.78, 5) is 0. The highest BCUT2D eigenvalue weighted by atomic mass is 15.5. The van der Waals surface area contributed by atoms with Crippen molar-refractivity contribution >= 4 is 0 Å². The second-order valence-corrected chi connectivity index (χ2v) is 3.00. The third-order valence-electron chi connectivity index (χ3n) is 2.23. The number of hydrogen-bond donors (Lipinski definition) is 1. The van der Waals surface area contributed by atoms with Crippen LogP contribution < -0.4 is 5.32 Å². The lowest BCUT2D eigenvalue weighted by Gasteiger charge is -2.07. The molecule has 1 aliphatic rings. The van der Waals surface area contributed by atoms with Crippen LogP contribution in [0.4, 0.5) is 0 Å². The fraction of sp³-hybridized carbons (Fsp3) is 0.857. The van der Waals surface area contributed by atoms with E-state index in [1.807, 2.05) is 4.68 Å². The van der Waals surface area contributed by atoms with Gasteiger partial charge in [0.25, 0.3) is 0 Å². The number of nitrogens with zero attached hydrogens (tertiary/aromatic N) is 4. The Morgan fingerprint density at radius 2 is 2.58 bits per heavy atom. The van der Waals surface area contributed by atoms with Crippen molar-refractivity contribution in [1.29, 1.82) is 0 Å². The van der Waals surface area contributed by atoms with Gasteiger partial charge in [-0.2, -0.15) is 0 Å². The summed E-state index contributed by atoms with van der Waals surface area (Å²) in [6.45, 7) is 3.98. The van der Waals surface area contributed by atoms with Crippen molar-refractivity contribution in [2.75, 3.05) is 6.54 Å². The normalized spacial score (nSPS) is 23.2. The van der Waals surface area contributed by atoms with E-state index in [4.69, 9.17) is 0 Å². The summed E-state index contributed by atoms with van der Waals surface area (Å²) < 4.78 is 1.85. The second kappa shape index (κ2) is 3.18. The molecule has 0 spiro atoms. The summed E-state index contributed by atoms with van der Waals surface area (Å²) in [7, 11) is 0. The Morgan fingerprint density at radius 3 is 3.25 bits per heavy atom. The van der Waals surface area contributed by atoms with Gasteiger partial charge in [0.2, 0.25) is 0 Å². The summed E-state index contributed by atoms with van der Waals surface area (Å²) in [5, 5.41) is 14.9. The molecule has 1 fully saturated rings. The molecule has 0 amide bonds. The Hall–Kier alpha value is -0.970. The standard InChI is InChI=1S/C7H13N5/c1-2-12-7(9-10-11-12)6-4-3-5-8-6/h6,8H,2-5H2,1H3. The van der Waals surface area contributed by atoms with Crippen LogP contribution in [0.5, 0.6) is 0 Å². The molecule has 66 valence electrons. The molecule has 1 aliphatic heterocycles. The van der Waals surface area contributed by atoms with Crippen molar-refractivity contribution in [3.8, 4) is 0 Å². The monoisotopic (exact) mass is 167 g/mol. The summed E-state index contributed by atoms with van der Waals surface area (Å²) in [5.74, 6) is 0.981. The molecule has 0 aliphatic carbocycles.